The van der Waals surface area contributed by atoms with Crippen molar-refractivity contribution in [2.45, 2.75) is 37.6 Å². The molecule has 1 heterocycles. The summed E-state index contributed by atoms with van der Waals surface area (Å²) in [6, 6.07) is 14.5. The maximum Gasteiger partial charge on any atom is 0.259 e. The van der Waals surface area contributed by atoms with Crippen molar-refractivity contribution in [1.29, 1.82) is 0 Å². The third kappa shape index (κ3) is 5.86. The fraction of sp³-hybridized carbons (Fsp3) is 0.308. The molecule has 1 fully saturated rings. The number of aliphatic hydroxyl groups is 3. The molecular formula is C26H27BrN2O8. The van der Waals surface area contributed by atoms with Gasteiger partial charge in [0, 0.05) is 11.4 Å². The van der Waals surface area contributed by atoms with Crippen LogP contribution in [0.25, 0.3) is 10.8 Å². The molecule has 1 aliphatic rings. The Hall–Kier alpha value is -3.22. The number of hydrogen-bond acceptors (Lipinski definition) is 8. The Bertz CT molecular complexity index is 1300. The summed E-state index contributed by atoms with van der Waals surface area (Å²) in [5.41, 5.74) is 0.585. The standard InChI is InChI=1S/C26H27BrN2O8/c1-13(31)28-22-24(33)23(32)21(12-30)37-26(22)36-20-11-14-7-8-16(27)9-15(14)10-17(20)25(34)29-18-5-3-4-6-19(18)35-2/h3-11,21-24,26,30,32-33H,12H2,1-2H3,(H,28,31)(H,29,34)/t21-,22-,23+,24-,26-/m1/s1. The second-order valence-electron chi connectivity index (χ2n) is 8.55. The molecule has 1 aliphatic heterocycles. The summed E-state index contributed by atoms with van der Waals surface area (Å²) >= 11 is 3.44. The summed E-state index contributed by atoms with van der Waals surface area (Å²) in [7, 11) is 1.49. The van der Waals surface area contributed by atoms with Crippen LogP contribution >= 0.6 is 15.9 Å². The minimum atomic E-state index is -1.50. The second-order valence-corrected chi connectivity index (χ2v) is 9.46. The first kappa shape index (κ1) is 26.8. The Morgan fingerprint density at radius 2 is 1.78 bits per heavy atom. The van der Waals surface area contributed by atoms with E-state index in [1.807, 2.05) is 18.2 Å². The highest BCUT2D eigenvalue weighted by molar-refractivity contribution is 9.10. The third-order valence-electron chi connectivity index (χ3n) is 5.99. The number of hydrogen-bond donors (Lipinski definition) is 5. The van der Waals surface area contributed by atoms with E-state index < -0.39 is 49.1 Å². The average Bonchev–Trinajstić information content (AvgIpc) is 2.88. The number of fused-ring (bicyclic) bond motifs is 1. The molecule has 3 aromatic carbocycles. The lowest BCUT2D eigenvalue weighted by molar-refractivity contribution is -0.244. The summed E-state index contributed by atoms with van der Waals surface area (Å²) in [6.07, 6.45) is -5.47. The van der Waals surface area contributed by atoms with E-state index in [9.17, 15) is 24.9 Å². The molecule has 2 amide bonds. The quantitative estimate of drug-likeness (QED) is 0.288. The highest BCUT2D eigenvalue weighted by Crippen LogP contribution is 2.33. The zero-order chi connectivity index (χ0) is 26.7. The summed E-state index contributed by atoms with van der Waals surface area (Å²) in [5, 5.41) is 37.4. The van der Waals surface area contributed by atoms with Gasteiger partial charge in [0.1, 0.15) is 35.9 Å². The minimum Gasteiger partial charge on any atom is -0.495 e. The SMILES string of the molecule is COc1ccccc1NC(=O)c1cc2cc(Br)ccc2cc1O[C@@H]1O[C@H](CO)[C@H](O)[C@H](O)[C@H]1NC(C)=O. The van der Waals surface area contributed by atoms with Crippen molar-refractivity contribution in [3.05, 3.63) is 64.6 Å². The summed E-state index contributed by atoms with van der Waals surface area (Å²) in [5.74, 6) is -0.435. The predicted molar refractivity (Wildman–Crippen MR) is 139 cm³/mol. The molecular weight excluding hydrogens is 548 g/mol. The summed E-state index contributed by atoms with van der Waals surface area (Å²) in [4.78, 5) is 25.3. The van der Waals surface area contributed by atoms with Gasteiger partial charge in [0.05, 0.1) is 25.0 Å². The number of benzene rings is 3. The largest absolute Gasteiger partial charge is 0.495 e. The molecule has 0 bridgehead atoms. The molecule has 3 aromatic rings. The van der Waals surface area contributed by atoms with Crippen molar-refractivity contribution in [3.63, 3.8) is 0 Å². The van der Waals surface area contributed by atoms with Gasteiger partial charge in [-0.1, -0.05) is 34.1 Å². The fourth-order valence-electron chi connectivity index (χ4n) is 4.16. The normalized spacial score (nSPS) is 23.4. The number of methoxy groups -OCH3 is 1. The molecule has 1 saturated heterocycles. The molecule has 0 spiro atoms. The fourth-order valence-corrected chi connectivity index (χ4v) is 4.54. The lowest BCUT2D eigenvalue weighted by Gasteiger charge is -2.42. The van der Waals surface area contributed by atoms with Crippen LogP contribution in [-0.2, 0) is 9.53 Å². The highest BCUT2D eigenvalue weighted by Gasteiger charge is 2.46. The van der Waals surface area contributed by atoms with Crippen LogP contribution in [-0.4, -0.2) is 71.5 Å². The number of anilines is 1. The van der Waals surface area contributed by atoms with Crippen molar-refractivity contribution >= 4 is 44.2 Å². The number of aliphatic hydroxyl groups excluding tert-OH is 3. The molecule has 0 unspecified atom stereocenters. The number of rotatable bonds is 7. The number of halogens is 1. The molecule has 0 aliphatic carbocycles. The van der Waals surface area contributed by atoms with Crippen molar-refractivity contribution in [2.24, 2.45) is 0 Å². The zero-order valence-corrected chi connectivity index (χ0v) is 21.6. The van der Waals surface area contributed by atoms with E-state index in [1.54, 1.807) is 36.4 Å². The average molecular weight is 575 g/mol. The van der Waals surface area contributed by atoms with Crippen molar-refractivity contribution < 1.29 is 39.1 Å². The number of carbonyl (C=O) groups excluding carboxylic acids is 2. The molecule has 0 radical (unpaired) electrons. The first-order valence-corrected chi connectivity index (χ1v) is 12.2. The van der Waals surface area contributed by atoms with E-state index in [-0.39, 0.29) is 11.3 Å². The van der Waals surface area contributed by atoms with Crippen LogP contribution in [0.2, 0.25) is 0 Å². The van der Waals surface area contributed by atoms with Gasteiger partial charge >= 0.3 is 0 Å². The zero-order valence-electron chi connectivity index (χ0n) is 20.1. The molecule has 37 heavy (non-hydrogen) atoms. The number of carbonyl (C=O) groups is 2. The van der Waals surface area contributed by atoms with Gasteiger partial charge in [0.2, 0.25) is 12.2 Å². The summed E-state index contributed by atoms with van der Waals surface area (Å²) < 4.78 is 17.9. The lowest BCUT2D eigenvalue weighted by atomic mass is 9.96. The van der Waals surface area contributed by atoms with Crippen LogP contribution in [0, 0.1) is 0 Å². The van der Waals surface area contributed by atoms with Gasteiger partial charge in [-0.2, -0.15) is 0 Å². The first-order chi connectivity index (χ1) is 17.7. The van der Waals surface area contributed by atoms with Gasteiger partial charge < -0.3 is 40.2 Å². The predicted octanol–water partition coefficient (Wildman–Crippen LogP) is 2.19. The number of amides is 2. The molecule has 11 heteroatoms. The Kier molecular flexibility index (Phi) is 8.30. The monoisotopic (exact) mass is 574 g/mol. The van der Waals surface area contributed by atoms with Crippen LogP contribution in [0.1, 0.15) is 17.3 Å². The first-order valence-electron chi connectivity index (χ1n) is 11.5. The van der Waals surface area contributed by atoms with Crippen LogP contribution in [0.4, 0.5) is 5.69 Å². The Balaban J connectivity index is 1.75. The van der Waals surface area contributed by atoms with Crippen LogP contribution in [0.3, 0.4) is 0 Å². The third-order valence-corrected chi connectivity index (χ3v) is 6.49. The Labute approximate surface area is 221 Å². The maximum atomic E-state index is 13.5. The van der Waals surface area contributed by atoms with E-state index in [2.05, 4.69) is 26.6 Å². The maximum absolute atomic E-state index is 13.5. The van der Waals surface area contributed by atoms with Crippen LogP contribution in [0.5, 0.6) is 11.5 Å². The van der Waals surface area contributed by atoms with Crippen LogP contribution in [0.15, 0.2) is 59.1 Å². The molecule has 0 aromatic heterocycles. The Morgan fingerprint density at radius 1 is 1.03 bits per heavy atom. The van der Waals surface area contributed by atoms with Crippen LogP contribution < -0.4 is 20.1 Å². The smallest absolute Gasteiger partial charge is 0.259 e. The van der Waals surface area contributed by atoms with Gasteiger partial charge in [-0.25, -0.2) is 0 Å². The highest BCUT2D eigenvalue weighted by atomic mass is 79.9. The van der Waals surface area contributed by atoms with E-state index in [4.69, 9.17) is 14.2 Å². The molecule has 0 saturated carbocycles. The van der Waals surface area contributed by atoms with E-state index in [0.29, 0.717) is 11.4 Å². The Morgan fingerprint density at radius 3 is 2.49 bits per heavy atom. The van der Waals surface area contributed by atoms with Crippen molar-refractivity contribution in [2.75, 3.05) is 19.0 Å². The summed E-state index contributed by atoms with van der Waals surface area (Å²) in [6.45, 7) is 0.645. The van der Waals surface area contributed by atoms with Gasteiger partial charge in [0.25, 0.3) is 5.91 Å². The molecule has 10 nitrogen and oxygen atoms in total. The second kappa shape index (κ2) is 11.4. The van der Waals surface area contributed by atoms with Crippen molar-refractivity contribution in [3.8, 4) is 11.5 Å². The molecule has 5 atom stereocenters. The van der Waals surface area contributed by atoms with E-state index in [1.165, 1.54) is 14.0 Å². The van der Waals surface area contributed by atoms with Gasteiger partial charge in [-0.3, -0.25) is 9.59 Å². The molecule has 196 valence electrons. The number of ether oxygens (including phenoxy) is 3. The van der Waals surface area contributed by atoms with Gasteiger partial charge in [-0.15, -0.1) is 0 Å². The van der Waals surface area contributed by atoms with Crippen molar-refractivity contribution in [1.82, 2.24) is 5.32 Å². The number of para-hydroxylation sites is 2. The molecule has 4 rings (SSSR count). The minimum absolute atomic E-state index is 0.0999. The van der Waals surface area contributed by atoms with E-state index >= 15 is 0 Å². The molecule has 5 N–H and O–H groups in total. The van der Waals surface area contributed by atoms with Gasteiger partial charge in [0.15, 0.2) is 0 Å². The topological polar surface area (TPSA) is 147 Å². The lowest BCUT2D eigenvalue weighted by Crippen LogP contribution is -2.65. The van der Waals surface area contributed by atoms with E-state index in [0.717, 1.165) is 15.2 Å². The van der Waals surface area contributed by atoms with Gasteiger partial charge in [-0.05, 0) is 47.2 Å². The number of nitrogens with one attached hydrogen (secondary N) is 2.